The van der Waals surface area contributed by atoms with Gasteiger partial charge in [-0.3, -0.25) is 4.79 Å². The predicted octanol–water partition coefficient (Wildman–Crippen LogP) is 4.02. The summed E-state index contributed by atoms with van der Waals surface area (Å²) < 4.78 is 70.8. The normalized spacial score (nSPS) is 11.6. The van der Waals surface area contributed by atoms with Gasteiger partial charge in [0.2, 0.25) is 0 Å². The molecule has 0 heterocycles. The average molecular weight is 312 g/mol. The van der Waals surface area contributed by atoms with Crippen molar-refractivity contribution in [2.45, 2.75) is 32.6 Å². The summed E-state index contributed by atoms with van der Waals surface area (Å²) in [5.74, 6) is -1.58. The smallest absolute Gasteiger partial charge is 0.466 e. The fourth-order valence-electron chi connectivity index (χ4n) is 1.68. The van der Waals surface area contributed by atoms with Crippen LogP contribution in [0.5, 0.6) is 5.75 Å². The molecule has 1 rings (SSSR count). The van der Waals surface area contributed by atoms with E-state index < -0.39 is 30.1 Å². The van der Waals surface area contributed by atoms with Gasteiger partial charge in [-0.1, -0.05) is 12.1 Å². The topological polar surface area (TPSA) is 35.5 Å². The highest BCUT2D eigenvalue weighted by Gasteiger charge is 2.34. The predicted molar refractivity (Wildman–Crippen MR) is 63.0 cm³/mol. The number of esters is 1. The van der Waals surface area contributed by atoms with E-state index in [1.807, 2.05) is 0 Å². The Morgan fingerprint density at radius 2 is 1.95 bits per heavy atom. The van der Waals surface area contributed by atoms with Crippen molar-refractivity contribution in [3.63, 3.8) is 0 Å². The summed E-state index contributed by atoms with van der Waals surface area (Å²) in [5.41, 5.74) is -0.994. The Morgan fingerprint density at radius 1 is 1.29 bits per heavy atom. The lowest BCUT2D eigenvalue weighted by molar-refractivity contribution is -0.275. The van der Waals surface area contributed by atoms with Crippen LogP contribution in [0.15, 0.2) is 18.2 Å². The van der Waals surface area contributed by atoms with Gasteiger partial charge in [0.15, 0.2) is 0 Å². The molecule has 0 saturated carbocycles. The van der Waals surface area contributed by atoms with E-state index in [-0.39, 0.29) is 25.0 Å². The number of aryl methyl sites for hydroxylation is 1. The summed E-state index contributed by atoms with van der Waals surface area (Å²) in [7, 11) is 0. The van der Waals surface area contributed by atoms with Gasteiger partial charge in [0, 0.05) is 6.42 Å². The maximum absolute atomic E-state index is 12.8. The highest BCUT2D eigenvalue weighted by Crippen LogP contribution is 2.36. The van der Waals surface area contributed by atoms with E-state index in [2.05, 4.69) is 9.47 Å². The maximum atomic E-state index is 12.8. The zero-order chi connectivity index (χ0) is 16.0. The molecule has 21 heavy (non-hydrogen) atoms. The van der Waals surface area contributed by atoms with Gasteiger partial charge in [0.1, 0.15) is 5.75 Å². The number of carbonyl (C=O) groups is 1. The van der Waals surface area contributed by atoms with Gasteiger partial charge in [0.25, 0.3) is 6.43 Å². The van der Waals surface area contributed by atoms with Gasteiger partial charge in [-0.25, -0.2) is 8.78 Å². The van der Waals surface area contributed by atoms with E-state index in [0.29, 0.717) is 0 Å². The number of ether oxygens (including phenoxy) is 2. The second kappa shape index (κ2) is 7.24. The molecule has 0 N–H and O–H groups in total. The number of halogens is 5. The Morgan fingerprint density at radius 3 is 2.48 bits per heavy atom. The van der Waals surface area contributed by atoms with E-state index in [1.165, 1.54) is 12.1 Å². The molecule has 1 aromatic carbocycles. The third kappa shape index (κ3) is 5.57. The molecule has 1 aromatic rings. The summed E-state index contributed by atoms with van der Waals surface area (Å²) in [6.07, 6.45) is -8.63. The Kier molecular flexibility index (Phi) is 5.92. The standard InChI is InChI=1S/C13H13F5O3/c1-2-20-10(19)7-6-8-4-3-5-9(12(14)15)11(8)21-13(16,17)18/h3-5,12H,2,6-7H2,1H3. The molecule has 0 aliphatic rings. The van der Waals surface area contributed by atoms with Crippen molar-refractivity contribution in [2.24, 2.45) is 0 Å². The third-order valence-electron chi connectivity index (χ3n) is 2.48. The first-order chi connectivity index (χ1) is 9.74. The fraction of sp³-hybridized carbons (Fsp3) is 0.462. The molecule has 0 aliphatic carbocycles. The van der Waals surface area contributed by atoms with Crippen molar-refractivity contribution >= 4 is 5.97 Å². The molecule has 0 amide bonds. The molecule has 0 radical (unpaired) electrons. The maximum Gasteiger partial charge on any atom is 0.573 e. The molecule has 0 unspecified atom stereocenters. The van der Waals surface area contributed by atoms with Crippen LogP contribution in [0.25, 0.3) is 0 Å². The van der Waals surface area contributed by atoms with Crippen molar-refractivity contribution < 1.29 is 36.2 Å². The summed E-state index contributed by atoms with van der Waals surface area (Å²) in [4.78, 5) is 11.2. The average Bonchev–Trinajstić information content (AvgIpc) is 2.35. The van der Waals surface area contributed by atoms with Crippen molar-refractivity contribution in [3.05, 3.63) is 29.3 Å². The molecule has 0 saturated heterocycles. The van der Waals surface area contributed by atoms with Crippen LogP contribution in [-0.4, -0.2) is 18.9 Å². The Balaban J connectivity index is 3.01. The van der Waals surface area contributed by atoms with E-state index >= 15 is 0 Å². The number of hydrogen-bond acceptors (Lipinski definition) is 3. The molecule has 8 heteroatoms. The molecule has 0 atom stereocenters. The van der Waals surface area contributed by atoms with Gasteiger partial charge >= 0.3 is 12.3 Å². The second-order valence-electron chi connectivity index (χ2n) is 3.99. The van der Waals surface area contributed by atoms with E-state index in [1.54, 1.807) is 6.92 Å². The lowest BCUT2D eigenvalue weighted by Crippen LogP contribution is -2.19. The van der Waals surface area contributed by atoms with E-state index in [0.717, 1.165) is 6.07 Å². The van der Waals surface area contributed by atoms with Crippen LogP contribution < -0.4 is 4.74 Å². The van der Waals surface area contributed by atoms with Gasteiger partial charge in [-0.15, -0.1) is 13.2 Å². The fourth-order valence-corrected chi connectivity index (χ4v) is 1.68. The van der Waals surface area contributed by atoms with Gasteiger partial charge in [-0.05, 0) is 25.0 Å². The van der Waals surface area contributed by atoms with Gasteiger partial charge < -0.3 is 9.47 Å². The summed E-state index contributed by atoms with van der Waals surface area (Å²) in [5, 5.41) is 0. The minimum atomic E-state index is -5.09. The van der Waals surface area contributed by atoms with Crippen LogP contribution in [0.3, 0.4) is 0 Å². The third-order valence-corrected chi connectivity index (χ3v) is 2.48. The molecule has 0 bridgehead atoms. The van der Waals surface area contributed by atoms with Crippen LogP contribution in [0, 0.1) is 0 Å². The number of benzene rings is 1. The van der Waals surface area contributed by atoms with Crippen molar-refractivity contribution in [1.29, 1.82) is 0 Å². The first kappa shape index (κ1) is 17.2. The quantitative estimate of drug-likeness (QED) is 0.588. The number of rotatable bonds is 6. The van der Waals surface area contributed by atoms with E-state index in [4.69, 9.17) is 0 Å². The first-order valence-electron chi connectivity index (χ1n) is 6.06. The summed E-state index contributed by atoms with van der Waals surface area (Å²) in [6.45, 7) is 1.70. The largest absolute Gasteiger partial charge is 0.573 e. The molecule has 3 nitrogen and oxygen atoms in total. The Labute approximate surface area is 117 Å². The first-order valence-corrected chi connectivity index (χ1v) is 6.06. The highest BCUT2D eigenvalue weighted by molar-refractivity contribution is 5.69. The molecule has 0 fully saturated rings. The van der Waals surface area contributed by atoms with Crippen molar-refractivity contribution in [2.75, 3.05) is 6.61 Å². The highest BCUT2D eigenvalue weighted by atomic mass is 19.4. The van der Waals surface area contributed by atoms with Crippen LogP contribution in [-0.2, 0) is 16.0 Å². The van der Waals surface area contributed by atoms with Crippen LogP contribution >= 0.6 is 0 Å². The number of para-hydroxylation sites is 1. The van der Waals surface area contributed by atoms with Crippen molar-refractivity contribution in [3.8, 4) is 5.75 Å². The molecular formula is C13H13F5O3. The lowest BCUT2D eigenvalue weighted by atomic mass is 10.0. The lowest BCUT2D eigenvalue weighted by Gasteiger charge is -2.16. The monoisotopic (exact) mass is 312 g/mol. The van der Waals surface area contributed by atoms with Crippen LogP contribution in [0.2, 0.25) is 0 Å². The Bertz CT molecular complexity index is 485. The molecular weight excluding hydrogens is 299 g/mol. The minimum Gasteiger partial charge on any atom is -0.466 e. The Hall–Kier alpha value is -1.86. The summed E-state index contributed by atoms with van der Waals surface area (Å²) >= 11 is 0. The van der Waals surface area contributed by atoms with E-state index in [9.17, 15) is 26.7 Å². The van der Waals surface area contributed by atoms with Crippen molar-refractivity contribution in [1.82, 2.24) is 0 Å². The zero-order valence-electron chi connectivity index (χ0n) is 11.0. The molecule has 0 spiro atoms. The second-order valence-corrected chi connectivity index (χ2v) is 3.99. The number of alkyl halides is 5. The number of hydrogen-bond donors (Lipinski definition) is 0. The molecule has 118 valence electrons. The SMILES string of the molecule is CCOC(=O)CCc1cccc(C(F)F)c1OC(F)(F)F. The van der Waals surface area contributed by atoms with Crippen LogP contribution in [0.4, 0.5) is 22.0 Å². The van der Waals surface area contributed by atoms with Gasteiger partial charge in [-0.2, -0.15) is 0 Å². The summed E-state index contributed by atoms with van der Waals surface area (Å²) in [6, 6.07) is 3.23. The molecule has 0 aromatic heterocycles. The zero-order valence-corrected chi connectivity index (χ0v) is 11.0. The van der Waals surface area contributed by atoms with Crippen LogP contribution in [0.1, 0.15) is 30.9 Å². The molecule has 0 aliphatic heterocycles. The number of carbonyl (C=O) groups excluding carboxylic acids is 1. The van der Waals surface area contributed by atoms with Gasteiger partial charge in [0.05, 0.1) is 12.2 Å². The minimum absolute atomic E-state index is 0.127.